The van der Waals surface area contributed by atoms with Gasteiger partial charge in [-0.1, -0.05) is 23.4 Å². The Bertz CT molecular complexity index is 704. The van der Waals surface area contributed by atoms with Crippen LogP contribution in [0.25, 0.3) is 5.69 Å². The van der Waals surface area contributed by atoms with Crippen LogP contribution < -0.4 is 0 Å². The molecule has 0 N–H and O–H groups in total. The first kappa shape index (κ1) is 13.5. The van der Waals surface area contributed by atoms with Crippen molar-refractivity contribution < 1.29 is 4.52 Å². The minimum Gasteiger partial charge on any atom is -0.340 e. The second-order valence-corrected chi connectivity index (χ2v) is 4.97. The Morgan fingerprint density at radius 3 is 2.67 bits per heavy atom. The predicted octanol–water partition coefficient (Wildman–Crippen LogP) is 2.20. The number of benzene rings is 1. The standard InChI is InChI=1S/C15H17N5O/c1-12-17-15(18-21-12)11-19(2)10-14-8-9-16-20(14)13-6-4-3-5-7-13/h3-9H,10-11H2,1-2H3. The van der Waals surface area contributed by atoms with Crippen LogP contribution in [0.1, 0.15) is 17.4 Å². The van der Waals surface area contributed by atoms with Crippen LogP contribution in [-0.4, -0.2) is 31.9 Å². The van der Waals surface area contributed by atoms with Gasteiger partial charge in [0.25, 0.3) is 0 Å². The molecule has 0 radical (unpaired) electrons. The van der Waals surface area contributed by atoms with Gasteiger partial charge in [-0.15, -0.1) is 0 Å². The lowest BCUT2D eigenvalue weighted by Crippen LogP contribution is -2.20. The summed E-state index contributed by atoms with van der Waals surface area (Å²) < 4.78 is 6.93. The lowest BCUT2D eigenvalue weighted by molar-refractivity contribution is 0.295. The van der Waals surface area contributed by atoms with Crippen LogP contribution in [0.5, 0.6) is 0 Å². The van der Waals surface area contributed by atoms with E-state index in [0.29, 0.717) is 18.3 Å². The molecule has 0 saturated carbocycles. The highest BCUT2D eigenvalue weighted by atomic mass is 16.5. The molecule has 0 aliphatic carbocycles. The van der Waals surface area contributed by atoms with Gasteiger partial charge < -0.3 is 4.52 Å². The zero-order valence-electron chi connectivity index (χ0n) is 12.1. The third kappa shape index (κ3) is 3.17. The molecular formula is C15H17N5O. The highest BCUT2D eigenvalue weighted by molar-refractivity contribution is 5.32. The monoisotopic (exact) mass is 283 g/mol. The smallest absolute Gasteiger partial charge is 0.223 e. The van der Waals surface area contributed by atoms with E-state index in [2.05, 4.69) is 20.1 Å². The van der Waals surface area contributed by atoms with Crippen LogP contribution >= 0.6 is 0 Å². The third-order valence-corrected chi connectivity index (χ3v) is 3.13. The molecule has 1 aromatic carbocycles. The first-order valence-corrected chi connectivity index (χ1v) is 6.78. The summed E-state index contributed by atoms with van der Waals surface area (Å²) in [6.07, 6.45) is 1.81. The van der Waals surface area contributed by atoms with Gasteiger partial charge in [-0.3, -0.25) is 4.90 Å². The normalized spacial score (nSPS) is 11.2. The third-order valence-electron chi connectivity index (χ3n) is 3.13. The molecule has 0 spiro atoms. The van der Waals surface area contributed by atoms with Crippen LogP contribution in [-0.2, 0) is 13.1 Å². The van der Waals surface area contributed by atoms with Gasteiger partial charge >= 0.3 is 0 Å². The number of para-hydroxylation sites is 1. The van der Waals surface area contributed by atoms with Crippen LogP contribution in [0.4, 0.5) is 0 Å². The van der Waals surface area contributed by atoms with Gasteiger partial charge in [0, 0.05) is 19.7 Å². The van der Waals surface area contributed by atoms with E-state index >= 15 is 0 Å². The van der Waals surface area contributed by atoms with Crippen LogP contribution in [0, 0.1) is 6.92 Å². The fourth-order valence-corrected chi connectivity index (χ4v) is 2.23. The Balaban J connectivity index is 1.72. The van der Waals surface area contributed by atoms with E-state index in [1.165, 1.54) is 0 Å². The average Bonchev–Trinajstić information content (AvgIpc) is 3.09. The quantitative estimate of drug-likeness (QED) is 0.718. The lowest BCUT2D eigenvalue weighted by atomic mass is 10.3. The van der Waals surface area contributed by atoms with Gasteiger partial charge in [0.15, 0.2) is 5.82 Å². The summed E-state index contributed by atoms with van der Waals surface area (Å²) in [7, 11) is 2.02. The summed E-state index contributed by atoms with van der Waals surface area (Å²) in [4.78, 5) is 6.34. The zero-order valence-corrected chi connectivity index (χ0v) is 12.1. The number of nitrogens with zero attached hydrogens (tertiary/aromatic N) is 5. The number of hydrogen-bond donors (Lipinski definition) is 0. The molecule has 0 unspecified atom stereocenters. The molecule has 21 heavy (non-hydrogen) atoms. The second kappa shape index (κ2) is 5.88. The maximum absolute atomic E-state index is 4.99. The van der Waals surface area contributed by atoms with E-state index in [1.54, 1.807) is 6.92 Å². The van der Waals surface area contributed by atoms with Crippen molar-refractivity contribution in [1.82, 2.24) is 24.8 Å². The summed E-state index contributed by atoms with van der Waals surface area (Å²) in [6.45, 7) is 3.18. The Hall–Kier alpha value is -2.47. The van der Waals surface area contributed by atoms with Crippen molar-refractivity contribution in [3.8, 4) is 5.69 Å². The Morgan fingerprint density at radius 2 is 1.95 bits per heavy atom. The summed E-state index contributed by atoms with van der Waals surface area (Å²) in [6, 6.07) is 12.1. The van der Waals surface area contributed by atoms with Crippen molar-refractivity contribution in [2.24, 2.45) is 0 Å². The summed E-state index contributed by atoms with van der Waals surface area (Å²) in [5.74, 6) is 1.29. The molecule has 6 heteroatoms. The molecule has 0 aliphatic heterocycles. The van der Waals surface area contributed by atoms with Crippen molar-refractivity contribution >= 4 is 0 Å². The lowest BCUT2D eigenvalue weighted by Gasteiger charge is -2.15. The minimum absolute atomic E-state index is 0.590. The van der Waals surface area contributed by atoms with Crippen LogP contribution in [0.2, 0.25) is 0 Å². The maximum Gasteiger partial charge on any atom is 0.223 e. The number of aryl methyl sites for hydroxylation is 1. The summed E-state index contributed by atoms with van der Waals surface area (Å²) >= 11 is 0. The Kier molecular flexibility index (Phi) is 3.79. The Morgan fingerprint density at radius 1 is 1.14 bits per heavy atom. The van der Waals surface area contributed by atoms with Crippen molar-refractivity contribution in [3.63, 3.8) is 0 Å². The van der Waals surface area contributed by atoms with Gasteiger partial charge in [-0.2, -0.15) is 10.1 Å². The molecule has 0 amide bonds. The number of rotatable bonds is 5. The fourth-order valence-electron chi connectivity index (χ4n) is 2.23. The van der Waals surface area contributed by atoms with E-state index in [1.807, 2.05) is 54.3 Å². The molecule has 2 heterocycles. The van der Waals surface area contributed by atoms with Crippen molar-refractivity contribution in [1.29, 1.82) is 0 Å². The molecule has 0 saturated heterocycles. The molecule has 3 aromatic rings. The van der Waals surface area contributed by atoms with Crippen molar-refractivity contribution in [2.45, 2.75) is 20.0 Å². The molecule has 0 bridgehead atoms. The van der Waals surface area contributed by atoms with Gasteiger partial charge in [-0.25, -0.2) is 4.68 Å². The summed E-state index contributed by atoms with van der Waals surface area (Å²) in [5, 5.41) is 8.31. The van der Waals surface area contributed by atoms with Crippen molar-refractivity contribution in [2.75, 3.05) is 7.05 Å². The van der Waals surface area contributed by atoms with E-state index in [0.717, 1.165) is 17.9 Å². The average molecular weight is 283 g/mol. The van der Waals surface area contributed by atoms with E-state index < -0.39 is 0 Å². The highest BCUT2D eigenvalue weighted by Gasteiger charge is 2.10. The van der Waals surface area contributed by atoms with Crippen molar-refractivity contribution in [3.05, 3.63) is 60.0 Å². The van der Waals surface area contributed by atoms with E-state index in [4.69, 9.17) is 4.52 Å². The molecular weight excluding hydrogens is 266 g/mol. The van der Waals surface area contributed by atoms with Crippen LogP contribution in [0.3, 0.4) is 0 Å². The van der Waals surface area contributed by atoms with Gasteiger partial charge in [0.05, 0.1) is 17.9 Å². The molecule has 3 rings (SSSR count). The predicted molar refractivity (Wildman–Crippen MR) is 77.8 cm³/mol. The Labute approximate surface area is 123 Å². The summed E-state index contributed by atoms with van der Waals surface area (Å²) in [5.41, 5.74) is 2.17. The van der Waals surface area contributed by atoms with E-state index in [-0.39, 0.29) is 0 Å². The highest BCUT2D eigenvalue weighted by Crippen LogP contribution is 2.12. The number of hydrogen-bond acceptors (Lipinski definition) is 5. The fraction of sp³-hybridized carbons (Fsp3) is 0.267. The first-order chi connectivity index (χ1) is 10.2. The number of aromatic nitrogens is 4. The molecule has 0 aliphatic rings. The molecule has 0 atom stereocenters. The molecule has 108 valence electrons. The van der Waals surface area contributed by atoms with Crippen LogP contribution in [0.15, 0.2) is 47.1 Å². The molecule has 6 nitrogen and oxygen atoms in total. The SMILES string of the molecule is Cc1nc(CN(C)Cc2ccnn2-c2ccccc2)no1. The molecule has 0 fully saturated rings. The maximum atomic E-state index is 4.99. The van der Waals surface area contributed by atoms with E-state index in [9.17, 15) is 0 Å². The topological polar surface area (TPSA) is 60.0 Å². The first-order valence-electron chi connectivity index (χ1n) is 6.78. The van der Waals surface area contributed by atoms with Gasteiger partial charge in [0.1, 0.15) is 0 Å². The zero-order chi connectivity index (χ0) is 14.7. The molecule has 2 aromatic heterocycles. The largest absolute Gasteiger partial charge is 0.340 e. The van der Waals surface area contributed by atoms with Gasteiger partial charge in [0.2, 0.25) is 5.89 Å². The minimum atomic E-state index is 0.590. The van der Waals surface area contributed by atoms with Gasteiger partial charge in [-0.05, 0) is 25.2 Å². The second-order valence-electron chi connectivity index (χ2n) is 4.97.